The van der Waals surface area contributed by atoms with E-state index in [1.54, 1.807) is 0 Å². The molecule has 0 saturated carbocycles. The molecule has 0 aromatic heterocycles. The summed E-state index contributed by atoms with van der Waals surface area (Å²) >= 11 is 0. The van der Waals surface area contributed by atoms with E-state index in [1.807, 2.05) is 0 Å². The van der Waals surface area contributed by atoms with Gasteiger partial charge in [0.05, 0.1) is 12.9 Å². The predicted molar refractivity (Wildman–Crippen MR) is 49.6 cm³/mol. The number of hydrogen-bond donors (Lipinski definition) is 0. The maximum Gasteiger partial charge on any atom is 0.318 e. The molecule has 5 nitrogen and oxygen atoms in total. The van der Waals surface area contributed by atoms with Gasteiger partial charge in [-0.05, 0) is 0 Å². The zero-order chi connectivity index (χ0) is 10.5. The fourth-order valence-electron chi connectivity index (χ4n) is 0.507. The number of hydrogen-bond acceptors (Lipinski definition) is 5. The second-order valence-corrected chi connectivity index (χ2v) is 6.33. The van der Waals surface area contributed by atoms with Crippen LogP contribution in [0.15, 0.2) is 0 Å². The van der Waals surface area contributed by atoms with Crippen molar-refractivity contribution < 1.29 is 22.2 Å². The molecule has 1 atom stereocenters. The van der Waals surface area contributed by atoms with Gasteiger partial charge < -0.3 is 4.74 Å². The van der Waals surface area contributed by atoms with Crippen molar-refractivity contribution in [3.63, 3.8) is 0 Å². The summed E-state index contributed by atoms with van der Waals surface area (Å²) in [6.45, 7) is 0. The van der Waals surface area contributed by atoms with E-state index in [-0.39, 0.29) is 17.3 Å². The Morgan fingerprint density at radius 1 is 1.46 bits per heavy atom. The lowest BCUT2D eigenvalue weighted by Crippen LogP contribution is -2.18. The molecule has 7 heteroatoms. The lowest BCUT2D eigenvalue weighted by atomic mass is 10.8. The van der Waals surface area contributed by atoms with Crippen LogP contribution in [0.2, 0.25) is 0 Å². The highest BCUT2D eigenvalue weighted by Gasteiger charge is 2.10. The molecular formula is C6H12O5S2. The van der Waals surface area contributed by atoms with Crippen LogP contribution in [0.1, 0.15) is 0 Å². The number of esters is 1. The van der Waals surface area contributed by atoms with Crippen LogP contribution in [0.5, 0.6) is 0 Å². The summed E-state index contributed by atoms with van der Waals surface area (Å²) in [6.07, 6.45) is 1.06. The predicted octanol–water partition coefficient (Wildman–Crippen LogP) is -1.05. The van der Waals surface area contributed by atoms with Crippen LogP contribution in [0, 0.1) is 0 Å². The molecule has 0 radical (unpaired) electrons. The van der Waals surface area contributed by atoms with E-state index in [4.69, 9.17) is 0 Å². The monoisotopic (exact) mass is 228 g/mol. The second-order valence-electron chi connectivity index (χ2n) is 2.49. The summed E-state index contributed by atoms with van der Waals surface area (Å²) in [5, 5.41) is 0. The Labute approximate surface area is 79.8 Å². The minimum atomic E-state index is -3.11. The van der Waals surface area contributed by atoms with E-state index in [1.165, 1.54) is 7.11 Å². The summed E-state index contributed by atoms with van der Waals surface area (Å²) in [6, 6.07) is 0. The van der Waals surface area contributed by atoms with E-state index < -0.39 is 26.6 Å². The van der Waals surface area contributed by atoms with E-state index in [0.29, 0.717) is 0 Å². The van der Waals surface area contributed by atoms with Gasteiger partial charge in [-0.1, -0.05) is 0 Å². The van der Waals surface area contributed by atoms with Gasteiger partial charge in [0.15, 0.2) is 0 Å². The zero-order valence-corrected chi connectivity index (χ0v) is 9.11. The first-order chi connectivity index (χ1) is 5.85. The third-order valence-corrected chi connectivity index (χ3v) is 3.61. The van der Waals surface area contributed by atoms with Gasteiger partial charge in [0.2, 0.25) is 0 Å². The standard InChI is InChI=1S/C6H12O5S2/c1-11-6(7)5-12(8)3-4-13(2,9)10/h3-5H2,1-2H3. The number of carbonyl (C=O) groups excluding carboxylic acids is 1. The quantitative estimate of drug-likeness (QED) is 0.561. The maximum absolute atomic E-state index is 11.0. The van der Waals surface area contributed by atoms with Crippen LogP contribution in [0.4, 0.5) is 0 Å². The lowest BCUT2D eigenvalue weighted by molar-refractivity contribution is -0.137. The van der Waals surface area contributed by atoms with Crippen LogP contribution < -0.4 is 0 Å². The molecule has 1 unspecified atom stereocenters. The lowest BCUT2D eigenvalue weighted by Gasteiger charge is -1.99. The first kappa shape index (κ1) is 12.6. The number of rotatable bonds is 5. The van der Waals surface area contributed by atoms with Gasteiger partial charge in [0.25, 0.3) is 0 Å². The topological polar surface area (TPSA) is 77.5 Å². The molecular weight excluding hydrogens is 216 g/mol. The van der Waals surface area contributed by atoms with Crippen LogP contribution in [-0.2, 0) is 30.2 Å². The molecule has 0 aliphatic rings. The minimum absolute atomic E-state index is 0.0199. The third kappa shape index (κ3) is 7.92. The van der Waals surface area contributed by atoms with Gasteiger partial charge in [-0.3, -0.25) is 9.00 Å². The summed E-state index contributed by atoms with van der Waals surface area (Å²) < 4.78 is 36.6. The molecule has 0 aromatic carbocycles. The summed E-state index contributed by atoms with van der Waals surface area (Å²) in [4.78, 5) is 10.6. The number of ether oxygens (including phenoxy) is 1. The molecule has 0 bridgehead atoms. The molecule has 0 fully saturated rings. The van der Waals surface area contributed by atoms with Crippen molar-refractivity contribution in [1.82, 2.24) is 0 Å². The molecule has 0 saturated heterocycles. The molecule has 0 N–H and O–H groups in total. The van der Waals surface area contributed by atoms with Gasteiger partial charge in [-0.15, -0.1) is 0 Å². The van der Waals surface area contributed by atoms with Crippen molar-refractivity contribution in [1.29, 1.82) is 0 Å². The highest BCUT2D eigenvalue weighted by atomic mass is 32.2. The molecule has 78 valence electrons. The first-order valence-corrected chi connectivity index (χ1v) is 6.99. The number of carbonyl (C=O) groups is 1. The van der Waals surface area contributed by atoms with Gasteiger partial charge in [0, 0.05) is 22.8 Å². The van der Waals surface area contributed by atoms with Crippen molar-refractivity contribution in [3.05, 3.63) is 0 Å². The van der Waals surface area contributed by atoms with Crippen molar-refractivity contribution in [2.45, 2.75) is 0 Å². The smallest absolute Gasteiger partial charge is 0.318 e. The molecule has 0 rings (SSSR count). The van der Waals surface area contributed by atoms with E-state index in [9.17, 15) is 17.4 Å². The fourth-order valence-corrected chi connectivity index (χ4v) is 2.99. The SMILES string of the molecule is COC(=O)CS(=O)CCS(C)(=O)=O. The molecule has 13 heavy (non-hydrogen) atoms. The zero-order valence-electron chi connectivity index (χ0n) is 7.48. The Bertz CT molecular complexity index is 292. The Kier molecular flexibility index (Phi) is 5.16. The largest absolute Gasteiger partial charge is 0.468 e. The van der Waals surface area contributed by atoms with Crippen LogP contribution in [0.25, 0.3) is 0 Å². The number of sulfone groups is 1. The van der Waals surface area contributed by atoms with Gasteiger partial charge in [0.1, 0.15) is 15.6 Å². The minimum Gasteiger partial charge on any atom is -0.468 e. The fraction of sp³-hybridized carbons (Fsp3) is 0.833. The van der Waals surface area contributed by atoms with Crippen molar-refractivity contribution in [2.75, 3.05) is 30.6 Å². The maximum atomic E-state index is 11.0. The normalized spacial score (nSPS) is 13.7. The van der Waals surface area contributed by atoms with Gasteiger partial charge >= 0.3 is 5.97 Å². The summed E-state index contributed by atoms with van der Waals surface area (Å²) in [7, 11) is -3.37. The average molecular weight is 228 g/mol. The Morgan fingerprint density at radius 3 is 2.38 bits per heavy atom. The molecule has 0 aromatic rings. The second kappa shape index (κ2) is 5.33. The van der Waals surface area contributed by atoms with Crippen molar-refractivity contribution in [3.8, 4) is 0 Å². The van der Waals surface area contributed by atoms with Gasteiger partial charge in [-0.25, -0.2) is 8.42 Å². The Hall–Kier alpha value is -0.430. The number of methoxy groups -OCH3 is 1. The summed E-state index contributed by atoms with van der Waals surface area (Å²) in [5.41, 5.74) is 0. The highest BCUT2D eigenvalue weighted by Crippen LogP contribution is 1.89. The Balaban J connectivity index is 3.84. The van der Waals surface area contributed by atoms with Crippen molar-refractivity contribution >= 4 is 26.6 Å². The van der Waals surface area contributed by atoms with Crippen LogP contribution in [0.3, 0.4) is 0 Å². The van der Waals surface area contributed by atoms with Gasteiger partial charge in [-0.2, -0.15) is 0 Å². The van der Waals surface area contributed by atoms with Crippen LogP contribution in [-0.4, -0.2) is 49.2 Å². The first-order valence-electron chi connectivity index (χ1n) is 3.44. The van der Waals surface area contributed by atoms with Crippen LogP contribution >= 0.6 is 0 Å². The molecule has 0 aliphatic heterocycles. The highest BCUT2D eigenvalue weighted by molar-refractivity contribution is 7.92. The van der Waals surface area contributed by atoms with E-state index in [0.717, 1.165) is 6.26 Å². The summed E-state index contributed by atoms with van der Waals surface area (Å²) in [5.74, 6) is -1.02. The van der Waals surface area contributed by atoms with E-state index in [2.05, 4.69) is 4.74 Å². The molecule has 0 aliphatic carbocycles. The Morgan fingerprint density at radius 2 is 2.00 bits per heavy atom. The molecule has 0 spiro atoms. The van der Waals surface area contributed by atoms with E-state index >= 15 is 0 Å². The molecule has 0 heterocycles. The molecule has 0 amide bonds. The van der Waals surface area contributed by atoms with Crippen molar-refractivity contribution in [2.24, 2.45) is 0 Å². The average Bonchev–Trinajstić information content (AvgIpc) is 1.99. The third-order valence-electron chi connectivity index (χ3n) is 1.19.